The predicted octanol–water partition coefficient (Wildman–Crippen LogP) is 3.55. The lowest BCUT2D eigenvalue weighted by molar-refractivity contribution is -0.137. The van der Waals surface area contributed by atoms with Crippen molar-refractivity contribution in [1.29, 1.82) is 0 Å². The van der Waals surface area contributed by atoms with Crippen LogP contribution in [-0.2, 0) is 21.2 Å². The maximum absolute atomic E-state index is 12.7. The minimum Gasteiger partial charge on any atom is -0.347 e. The monoisotopic (exact) mass is 368 g/mol. The second-order valence-electron chi connectivity index (χ2n) is 5.97. The first-order chi connectivity index (χ1) is 11.8. The maximum Gasteiger partial charge on any atom is 0.416 e. The second-order valence-corrected chi connectivity index (χ2v) is 6.92. The normalized spacial score (nSPS) is 15.5. The molecule has 132 valence electrons. The number of nitrogens with one attached hydrogen (secondary N) is 2. The van der Waals surface area contributed by atoms with E-state index >= 15 is 0 Å². The van der Waals surface area contributed by atoms with Gasteiger partial charge in [-0.25, -0.2) is 0 Å². The first kappa shape index (κ1) is 17.5. The highest BCUT2D eigenvalue weighted by Crippen LogP contribution is 2.49. The van der Waals surface area contributed by atoms with E-state index in [1.807, 2.05) is 17.5 Å². The molecule has 1 aliphatic carbocycles. The Hall–Kier alpha value is -2.35. The molecule has 3 rings (SSSR count). The standard InChI is InChI=1S/C17H15F3N2O2S/c18-17(19,20)11-3-1-4-12(9-11)22-15(24)14(23)21-10-16(6-7-16)13-5-2-8-25-13/h1-5,8-9H,6-7,10H2,(H,21,23)(H,22,24). The van der Waals surface area contributed by atoms with Gasteiger partial charge in [-0.05, 0) is 42.5 Å². The molecule has 1 heterocycles. The van der Waals surface area contributed by atoms with Crippen LogP contribution < -0.4 is 10.6 Å². The number of hydrogen-bond donors (Lipinski definition) is 2. The number of benzene rings is 1. The third kappa shape index (κ3) is 4.01. The Labute approximate surface area is 146 Å². The molecular weight excluding hydrogens is 353 g/mol. The number of carbonyl (C=O) groups excluding carboxylic acids is 2. The van der Waals surface area contributed by atoms with Gasteiger partial charge in [0.1, 0.15) is 0 Å². The predicted molar refractivity (Wildman–Crippen MR) is 88.3 cm³/mol. The molecule has 0 spiro atoms. The van der Waals surface area contributed by atoms with Gasteiger partial charge in [0.15, 0.2) is 0 Å². The molecule has 1 fully saturated rings. The fraction of sp³-hybridized carbons (Fsp3) is 0.294. The van der Waals surface area contributed by atoms with Gasteiger partial charge < -0.3 is 10.6 Å². The van der Waals surface area contributed by atoms with Crippen molar-refractivity contribution >= 4 is 28.8 Å². The summed E-state index contributed by atoms with van der Waals surface area (Å²) < 4.78 is 38.0. The summed E-state index contributed by atoms with van der Waals surface area (Å²) in [5.41, 5.74) is -1.07. The van der Waals surface area contributed by atoms with Crippen LogP contribution in [0.2, 0.25) is 0 Å². The van der Waals surface area contributed by atoms with Crippen LogP contribution >= 0.6 is 11.3 Å². The quantitative estimate of drug-likeness (QED) is 0.811. The Balaban J connectivity index is 1.58. The van der Waals surface area contributed by atoms with Gasteiger partial charge in [0.2, 0.25) is 0 Å². The minimum absolute atomic E-state index is 0.0747. The smallest absolute Gasteiger partial charge is 0.347 e. The Morgan fingerprint density at radius 2 is 1.88 bits per heavy atom. The zero-order valence-corrected chi connectivity index (χ0v) is 13.8. The number of amides is 2. The molecule has 2 N–H and O–H groups in total. The zero-order valence-electron chi connectivity index (χ0n) is 13.0. The van der Waals surface area contributed by atoms with Gasteiger partial charge in [0.25, 0.3) is 0 Å². The Morgan fingerprint density at radius 3 is 2.48 bits per heavy atom. The molecule has 8 heteroatoms. The van der Waals surface area contributed by atoms with E-state index in [1.165, 1.54) is 12.1 Å². The molecular formula is C17H15F3N2O2S. The average Bonchev–Trinajstić information content (AvgIpc) is 3.14. The van der Waals surface area contributed by atoms with Crippen molar-refractivity contribution in [1.82, 2.24) is 5.32 Å². The molecule has 0 unspecified atom stereocenters. The molecule has 0 atom stereocenters. The Kier molecular flexibility index (Phi) is 4.55. The van der Waals surface area contributed by atoms with Gasteiger partial charge >= 0.3 is 18.0 Å². The van der Waals surface area contributed by atoms with Crippen molar-refractivity contribution in [3.05, 3.63) is 52.2 Å². The van der Waals surface area contributed by atoms with Gasteiger partial charge in [-0.1, -0.05) is 12.1 Å². The number of carbonyl (C=O) groups is 2. The third-order valence-electron chi connectivity index (χ3n) is 4.14. The van der Waals surface area contributed by atoms with Crippen molar-refractivity contribution in [3.8, 4) is 0 Å². The van der Waals surface area contributed by atoms with E-state index in [0.29, 0.717) is 6.54 Å². The van der Waals surface area contributed by atoms with Crippen LogP contribution in [0, 0.1) is 0 Å². The molecule has 2 amide bonds. The van der Waals surface area contributed by atoms with Gasteiger partial charge in [-0.3, -0.25) is 9.59 Å². The lowest BCUT2D eigenvalue weighted by atomic mass is 10.1. The third-order valence-corrected chi connectivity index (χ3v) is 5.25. The number of hydrogen-bond acceptors (Lipinski definition) is 3. The largest absolute Gasteiger partial charge is 0.416 e. The molecule has 0 saturated heterocycles. The molecule has 2 aromatic rings. The van der Waals surface area contributed by atoms with Crippen LogP contribution in [0.25, 0.3) is 0 Å². The number of halogens is 3. The van der Waals surface area contributed by atoms with Crippen LogP contribution in [0.1, 0.15) is 23.3 Å². The summed E-state index contributed by atoms with van der Waals surface area (Å²) in [4.78, 5) is 25.0. The van der Waals surface area contributed by atoms with Crippen LogP contribution in [0.3, 0.4) is 0 Å². The molecule has 1 aliphatic rings. The summed E-state index contributed by atoms with van der Waals surface area (Å²) >= 11 is 1.60. The number of thiophene rings is 1. The maximum atomic E-state index is 12.7. The summed E-state index contributed by atoms with van der Waals surface area (Å²) in [6.07, 6.45) is -2.64. The highest BCUT2D eigenvalue weighted by Gasteiger charge is 2.45. The summed E-state index contributed by atoms with van der Waals surface area (Å²) in [6, 6.07) is 8.09. The van der Waals surface area contributed by atoms with E-state index in [9.17, 15) is 22.8 Å². The SMILES string of the molecule is O=C(NCC1(c2cccs2)CC1)C(=O)Nc1cccc(C(F)(F)F)c1. The molecule has 1 saturated carbocycles. The van der Waals surface area contributed by atoms with Crippen molar-refractivity contribution < 1.29 is 22.8 Å². The van der Waals surface area contributed by atoms with Crippen LogP contribution in [0.5, 0.6) is 0 Å². The lowest BCUT2D eigenvalue weighted by Gasteiger charge is -2.14. The lowest BCUT2D eigenvalue weighted by Crippen LogP contribution is -2.39. The summed E-state index contributed by atoms with van der Waals surface area (Å²) in [7, 11) is 0. The fourth-order valence-electron chi connectivity index (χ4n) is 2.53. The van der Waals surface area contributed by atoms with Crippen LogP contribution in [-0.4, -0.2) is 18.4 Å². The number of rotatable bonds is 4. The van der Waals surface area contributed by atoms with Crippen molar-refractivity contribution in [2.75, 3.05) is 11.9 Å². The summed E-state index contributed by atoms with van der Waals surface area (Å²) in [5, 5.41) is 6.73. The topological polar surface area (TPSA) is 58.2 Å². The highest BCUT2D eigenvalue weighted by atomic mass is 32.1. The van der Waals surface area contributed by atoms with Crippen molar-refractivity contribution in [3.63, 3.8) is 0 Å². The van der Waals surface area contributed by atoms with E-state index in [0.717, 1.165) is 29.9 Å². The molecule has 0 bridgehead atoms. The van der Waals surface area contributed by atoms with Gasteiger partial charge in [0, 0.05) is 22.5 Å². The van der Waals surface area contributed by atoms with Crippen molar-refractivity contribution in [2.24, 2.45) is 0 Å². The Bertz CT molecular complexity index is 783. The van der Waals surface area contributed by atoms with Crippen LogP contribution in [0.4, 0.5) is 18.9 Å². The highest BCUT2D eigenvalue weighted by molar-refractivity contribution is 7.10. The molecule has 4 nitrogen and oxygen atoms in total. The van der Waals surface area contributed by atoms with E-state index < -0.39 is 23.6 Å². The van der Waals surface area contributed by atoms with E-state index in [-0.39, 0.29) is 11.1 Å². The first-order valence-corrected chi connectivity index (χ1v) is 8.49. The van der Waals surface area contributed by atoms with Gasteiger partial charge in [-0.2, -0.15) is 13.2 Å². The first-order valence-electron chi connectivity index (χ1n) is 7.61. The molecule has 1 aromatic heterocycles. The molecule has 0 aliphatic heterocycles. The van der Waals surface area contributed by atoms with E-state index in [1.54, 1.807) is 11.3 Å². The van der Waals surface area contributed by atoms with Crippen LogP contribution in [0.15, 0.2) is 41.8 Å². The average molecular weight is 368 g/mol. The van der Waals surface area contributed by atoms with Gasteiger partial charge in [0.05, 0.1) is 5.56 Å². The number of anilines is 1. The Morgan fingerprint density at radius 1 is 1.12 bits per heavy atom. The second kappa shape index (κ2) is 6.51. The van der Waals surface area contributed by atoms with E-state index in [2.05, 4.69) is 10.6 Å². The minimum atomic E-state index is -4.51. The fourth-order valence-corrected chi connectivity index (χ4v) is 3.52. The summed E-state index contributed by atoms with van der Waals surface area (Å²) in [6.45, 7) is 0.336. The van der Waals surface area contributed by atoms with Crippen molar-refractivity contribution in [2.45, 2.75) is 24.4 Å². The molecule has 0 radical (unpaired) electrons. The summed E-state index contributed by atoms with van der Waals surface area (Å²) in [5.74, 6) is -1.85. The zero-order chi connectivity index (χ0) is 18.1. The molecule has 1 aromatic carbocycles. The van der Waals surface area contributed by atoms with E-state index in [4.69, 9.17) is 0 Å². The molecule has 25 heavy (non-hydrogen) atoms. The van der Waals surface area contributed by atoms with Gasteiger partial charge in [-0.15, -0.1) is 11.3 Å². The number of alkyl halides is 3.